The fourth-order valence-corrected chi connectivity index (χ4v) is 2.63. The van der Waals surface area contributed by atoms with Gasteiger partial charge >= 0.3 is 0 Å². The molecule has 0 bridgehead atoms. The number of furan rings is 1. The zero-order chi connectivity index (χ0) is 17.6. The maximum absolute atomic E-state index is 12.3. The van der Waals surface area contributed by atoms with Crippen LogP contribution in [0.2, 0.25) is 0 Å². The molecule has 2 amide bonds. The van der Waals surface area contributed by atoms with E-state index in [1.807, 2.05) is 6.07 Å². The second-order valence-electron chi connectivity index (χ2n) is 5.55. The molecule has 2 heterocycles. The Balaban J connectivity index is 1.50. The Morgan fingerprint density at radius 3 is 2.48 bits per heavy atom. The predicted molar refractivity (Wildman–Crippen MR) is 87.8 cm³/mol. The van der Waals surface area contributed by atoms with Gasteiger partial charge in [-0.3, -0.25) is 9.59 Å². The van der Waals surface area contributed by atoms with E-state index in [-0.39, 0.29) is 18.4 Å². The molecule has 1 aromatic heterocycles. The molecule has 0 saturated carbocycles. The number of nitrogens with zero attached hydrogens (tertiary/aromatic N) is 3. The Kier molecular flexibility index (Phi) is 5.00. The predicted octanol–water partition coefficient (Wildman–Crippen LogP) is 1.51. The number of carbonyl (C=O) groups is 2. The van der Waals surface area contributed by atoms with Crippen LogP contribution in [0.3, 0.4) is 0 Å². The summed E-state index contributed by atoms with van der Waals surface area (Å²) in [4.78, 5) is 27.8. The highest BCUT2D eigenvalue weighted by atomic mass is 16.5. The van der Waals surface area contributed by atoms with Gasteiger partial charge in [0, 0.05) is 26.2 Å². The molecule has 0 aliphatic carbocycles. The second kappa shape index (κ2) is 7.53. The number of nitriles is 1. The smallest absolute Gasteiger partial charge is 0.289 e. The Morgan fingerprint density at radius 2 is 1.80 bits per heavy atom. The van der Waals surface area contributed by atoms with Crippen molar-refractivity contribution in [1.29, 1.82) is 5.26 Å². The van der Waals surface area contributed by atoms with Crippen molar-refractivity contribution in [2.45, 2.75) is 0 Å². The van der Waals surface area contributed by atoms with Crippen molar-refractivity contribution in [3.63, 3.8) is 0 Å². The molecule has 7 nitrogen and oxygen atoms in total. The normalized spacial score (nSPS) is 14.0. The van der Waals surface area contributed by atoms with Gasteiger partial charge in [0.25, 0.3) is 11.8 Å². The quantitative estimate of drug-likeness (QED) is 0.843. The highest BCUT2D eigenvalue weighted by Crippen LogP contribution is 2.17. The van der Waals surface area contributed by atoms with E-state index in [4.69, 9.17) is 14.4 Å². The molecule has 0 N–H and O–H groups in total. The van der Waals surface area contributed by atoms with E-state index in [0.717, 1.165) is 0 Å². The summed E-state index contributed by atoms with van der Waals surface area (Å²) in [6.07, 6.45) is 1.46. The molecule has 3 rings (SSSR count). The van der Waals surface area contributed by atoms with Crippen LogP contribution in [0.15, 0.2) is 47.1 Å². The fraction of sp³-hybridized carbons (Fsp3) is 0.278. The van der Waals surface area contributed by atoms with Crippen LogP contribution in [-0.2, 0) is 4.79 Å². The van der Waals surface area contributed by atoms with Crippen molar-refractivity contribution >= 4 is 11.8 Å². The van der Waals surface area contributed by atoms with Crippen molar-refractivity contribution in [2.24, 2.45) is 0 Å². The number of piperazine rings is 1. The van der Waals surface area contributed by atoms with Gasteiger partial charge in [0.05, 0.1) is 11.8 Å². The van der Waals surface area contributed by atoms with E-state index >= 15 is 0 Å². The molecule has 2 aromatic rings. The molecule has 7 heteroatoms. The highest BCUT2D eigenvalue weighted by Gasteiger charge is 2.26. The van der Waals surface area contributed by atoms with Crippen LogP contribution in [-0.4, -0.2) is 54.4 Å². The van der Waals surface area contributed by atoms with Gasteiger partial charge in [-0.2, -0.15) is 5.26 Å². The average molecular weight is 339 g/mol. The number of carbonyl (C=O) groups excluding carboxylic acids is 2. The van der Waals surface area contributed by atoms with Crippen LogP contribution in [0.4, 0.5) is 0 Å². The van der Waals surface area contributed by atoms with E-state index in [1.165, 1.54) is 6.26 Å². The number of ether oxygens (including phenoxy) is 1. The van der Waals surface area contributed by atoms with Crippen molar-refractivity contribution < 1.29 is 18.7 Å². The largest absolute Gasteiger partial charge is 0.482 e. The summed E-state index contributed by atoms with van der Waals surface area (Å²) >= 11 is 0. The Morgan fingerprint density at radius 1 is 1.08 bits per heavy atom. The summed E-state index contributed by atoms with van der Waals surface area (Å²) in [5, 5.41) is 9.02. The standard InChI is InChI=1S/C18H17N3O4/c19-12-14-4-1-2-5-15(14)25-13-17(22)20-7-9-21(10-8-20)18(23)16-6-3-11-24-16/h1-6,11H,7-10,13H2. The molecule has 1 saturated heterocycles. The highest BCUT2D eigenvalue weighted by molar-refractivity contribution is 5.91. The van der Waals surface area contributed by atoms with Crippen LogP contribution in [0.5, 0.6) is 5.75 Å². The van der Waals surface area contributed by atoms with E-state index in [0.29, 0.717) is 43.3 Å². The van der Waals surface area contributed by atoms with Crippen LogP contribution in [0.25, 0.3) is 0 Å². The lowest BCUT2D eigenvalue weighted by Crippen LogP contribution is -2.51. The molecular weight excluding hydrogens is 322 g/mol. The van der Waals surface area contributed by atoms with Crippen molar-refractivity contribution in [2.75, 3.05) is 32.8 Å². The number of hydrogen-bond acceptors (Lipinski definition) is 5. The molecule has 0 radical (unpaired) electrons. The molecular formula is C18H17N3O4. The monoisotopic (exact) mass is 339 g/mol. The van der Waals surface area contributed by atoms with Gasteiger partial charge in [0.15, 0.2) is 12.4 Å². The van der Waals surface area contributed by atoms with Gasteiger partial charge in [0.1, 0.15) is 11.8 Å². The van der Waals surface area contributed by atoms with Crippen LogP contribution in [0, 0.1) is 11.3 Å². The molecule has 1 fully saturated rings. The lowest BCUT2D eigenvalue weighted by molar-refractivity contribution is -0.134. The van der Waals surface area contributed by atoms with E-state index in [1.54, 1.807) is 46.2 Å². The summed E-state index contributed by atoms with van der Waals surface area (Å²) in [6.45, 7) is 1.63. The molecule has 0 atom stereocenters. The van der Waals surface area contributed by atoms with Crippen molar-refractivity contribution in [3.05, 3.63) is 54.0 Å². The second-order valence-corrected chi connectivity index (χ2v) is 5.55. The van der Waals surface area contributed by atoms with E-state index < -0.39 is 0 Å². The number of para-hydroxylation sites is 1. The minimum Gasteiger partial charge on any atom is -0.482 e. The third-order valence-electron chi connectivity index (χ3n) is 4.01. The minimum absolute atomic E-state index is 0.134. The fourth-order valence-electron chi connectivity index (χ4n) is 2.63. The average Bonchev–Trinajstić information content (AvgIpc) is 3.20. The first-order valence-electron chi connectivity index (χ1n) is 7.91. The van der Waals surface area contributed by atoms with E-state index in [2.05, 4.69) is 0 Å². The van der Waals surface area contributed by atoms with Crippen LogP contribution < -0.4 is 4.74 Å². The number of benzene rings is 1. The maximum atomic E-state index is 12.3. The maximum Gasteiger partial charge on any atom is 0.289 e. The first kappa shape index (κ1) is 16.6. The molecule has 1 aliphatic rings. The summed E-state index contributed by atoms with van der Waals surface area (Å²) in [5.74, 6) is 0.357. The zero-order valence-electron chi connectivity index (χ0n) is 13.6. The third-order valence-corrected chi connectivity index (χ3v) is 4.01. The summed E-state index contributed by atoms with van der Waals surface area (Å²) in [7, 11) is 0. The molecule has 0 spiro atoms. The van der Waals surface area contributed by atoms with Gasteiger partial charge in [-0.05, 0) is 24.3 Å². The Labute approximate surface area is 145 Å². The molecule has 128 valence electrons. The summed E-state index contributed by atoms with van der Waals surface area (Å²) in [5.41, 5.74) is 0.393. The van der Waals surface area contributed by atoms with Crippen LogP contribution >= 0.6 is 0 Å². The van der Waals surface area contributed by atoms with Gasteiger partial charge < -0.3 is 19.0 Å². The third kappa shape index (κ3) is 3.80. The Bertz CT molecular complexity index is 787. The molecule has 1 aromatic carbocycles. The van der Waals surface area contributed by atoms with Gasteiger partial charge in [-0.15, -0.1) is 0 Å². The lowest BCUT2D eigenvalue weighted by Gasteiger charge is -2.34. The number of rotatable bonds is 4. The number of hydrogen-bond donors (Lipinski definition) is 0. The topological polar surface area (TPSA) is 86.8 Å². The summed E-state index contributed by atoms with van der Waals surface area (Å²) < 4.78 is 10.6. The first-order valence-corrected chi connectivity index (χ1v) is 7.91. The Hall–Kier alpha value is -3.27. The van der Waals surface area contributed by atoms with Crippen molar-refractivity contribution in [1.82, 2.24) is 9.80 Å². The lowest BCUT2D eigenvalue weighted by atomic mass is 10.2. The van der Waals surface area contributed by atoms with E-state index in [9.17, 15) is 9.59 Å². The first-order chi connectivity index (χ1) is 12.2. The van der Waals surface area contributed by atoms with Crippen LogP contribution in [0.1, 0.15) is 16.1 Å². The molecule has 25 heavy (non-hydrogen) atoms. The molecule has 0 unspecified atom stereocenters. The van der Waals surface area contributed by atoms with Gasteiger partial charge in [-0.25, -0.2) is 0 Å². The minimum atomic E-state index is -0.170. The molecule has 1 aliphatic heterocycles. The van der Waals surface area contributed by atoms with Gasteiger partial charge in [-0.1, -0.05) is 12.1 Å². The SMILES string of the molecule is N#Cc1ccccc1OCC(=O)N1CCN(C(=O)c2ccco2)CC1. The summed E-state index contributed by atoms with van der Waals surface area (Å²) in [6, 6.07) is 12.1. The van der Waals surface area contributed by atoms with Crippen molar-refractivity contribution in [3.8, 4) is 11.8 Å². The zero-order valence-corrected chi connectivity index (χ0v) is 13.6. The van der Waals surface area contributed by atoms with Gasteiger partial charge in [0.2, 0.25) is 0 Å². The number of amides is 2.